The molecule has 1 aliphatic rings. The molecule has 1 aliphatic heterocycles. The van der Waals surface area contributed by atoms with E-state index in [-0.39, 0.29) is 38.7 Å². The van der Waals surface area contributed by atoms with Crippen molar-refractivity contribution in [3.63, 3.8) is 0 Å². The quantitative estimate of drug-likeness (QED) is 0.120. The summed E-state index contributed by atoms with van der Waals surface area (Å²) in [6.45, 7) is 0.185. The zero-order valence-electron chi connectivity index (χ0n) is 18.0. The maximum Gasteiger partial charge on any atom is 0.270 e. The molecule has 8 nitrogen and oxygen atoms in total. The first-order valence-corrected chi connectivity index (χ1v) is 12.1. The second-order valence-electron chi connectivity index (χ2n) is 7.43. The van der Waals surface area contributed by atoms with Gasteiger partial charge in [0, 0.05) is 12.1 Å². The molecule has 0 atom stereocenters. The minimum absolute atomic E-state index is 0.00409. The Morgan fingerprint density at radius 1 is 1.11 bits per heavy atom. The van der Waals surface area contributed by atoms with E-state index < -0.39 is 16.7 Å². The summed E-state index contributed by atoms with van der Waals surface area (Å²) in [5, 5.41) is 13.5. The Balaban J connectivity index is 1.55. The molecular weight excluding hydrogens is 593 g/mol. The molecule has 0 aliphatic carbocycles. The van der Waals surface area contributed by atoms with Crippen LogP contribution in [0.15, 0.2) is 70.7 Å². The first kappa shape index (κ1) is 25.8. The number of anilines is 1. The van der Waals surface area contributed by atoms with Crippen molar-refractivity contribution >= 4 is 85.7 Å². The number of ether oxygens (including phenoxy) is 1. The lowest BCUT2D eigenvalue weighted by atomic mass is 10.1. The van der Waals surface area contributed by atoms with Gasteiger partial charge in [-0.1, -0.05) is 35.3 Å². The zero-order valence-corrected chi connectivity index (χ0v) is 22.0. The lowest BCUT2D eigenvalue weighted by molar-refractivity contribution is -0.384. The molecule has 0 bridgehead atoms. The molecule has 1 saturated heterocycles. The van der Waals surface area contributed by atoms with Crippen LogP contribution in [0, 0.1) is 10.1 Å². The van der Waals surface area contributed by atoms with Crippen LogP contribution in [-0.2, 0) is 16.2 Å². The summed E-state index contributed by atoms with van der Waals surface area (Å²) in [6, 6.07) is 15.8. The summed E-state index contributed by atoms with van der Waals surface area (Å²) in [5.74, 6) is -0.792. The minimum Gasteiger partial charge on any atom is -0.488 e. The smallest absolute Gasteiger partial charge is 0.270 e. The summed E-state index contributed by atoms with van der Waals surface area (Å²) >= 11 is 21.0. The van der Waals surface area contributed by atoms with Gasteiger partial charge in [-0.05, 0) is 81.7 Å². The van der Waals surface area contributed by atoms with Crippen LogP contribution in [0.1, 0.15) is 11.1 Å². The summed E-state index contributed by atoms with van der Waals surface area (Å²) in [5.41, 5.74) is 1.40. The Morgan fingerprint density at radius 3 is 2.50 bits per heavy atom. The van der Waals surface area contributed by atoms with E-state index in [1.165, 1.54) is 18.2 Å². The van der Waals surface area contributed by atoms with Gasteiger partial charge in [-0.2, -0.15) is 0 Å². The van der Waals surface area contributed by atoms with Gasteiger partial charge in [0.2, 0.25) is 0 Å². The third-order valence-electron chi connectivity index (χ3n) is 5.08. The fourth-order valence-corrected chi connectivity index (χ4v) is 4.47. The molecule has 0 saturated carbocycles. The first-order chi connectivity index (χ1) is 17.2. The van der Waals surface area contributed by atoms with Gasteiger partial charge in [-0.15, -0.1) is 0 Å². The van der Waals surface area contributed by atoms with E-state index in [9.17, 15) is 19.7 Å². The molecule has 0 aromatic heterocycles. The molecule has 3 aromatic carbocycles. The number of nitrogens with one attached hydrogen (secondary N) is 1. The third-order valence-corrected chi connectivity index (χ3v) is 6.80. The number of carbonyl (C=O) groups excluding carboxylic acids is 2. The molecule has 0 radical (unpaired) electrons. The number of nitro groups is 1. The van der Waals surface area contributed by atoms with Crippen molar-refractivity contribution in [3.05, 3.63) is 102 Å². The second kappa shape index (κ2) is 10.8. The molecular formula is C24H14BrCl2N3O5S. The number of rotatable bonds is 6. The van der Waals surface area contributed by atoms with E-state index >= 15 is 0 Å². The monoisotopic (exact) mass is 605 g/mol. The average molecular weight is 607 g/mol. The molecule has 4 rings (SSSR count). The molecule has 3 aromatic rings. The van der Waals surface area contributed by atoms with Crippen LogP contribution in [0.5, 0.6) is 5.75 Å². The van der Waals surface area contributed by atoms with E-state index in [1.54, 1.807) is 48.5 Å². The highest BCUT2D eigenvalue weighted by molar-refractivity contribution is 9.10. The van der Waals surface area contributed by atoms with E-state index in [1.807, 2.05) is 0 Å². The van der Waals surface area contributed by atoms with Crippen molar-refractivity contribution in [2.45, 2.75) is 6.61 Å². The molecule has 12 heteroatoms. The largest absolute Gasteiger partial charge is 0.488 e. The molecule has 36 heavy (non-hydrogen) atoms. The zero-order chi connectivity index (χ0) is 26.0. The normalized spacial score (nSPS) is 14.7. The van der Waals surface area contributed by atoms with E-state index in [0.717, 1.165) is 10.5 Å². The predicted molar refractivity (Wildman–Crippen MR) is 144 cm³/mol. The van der Waals surface area contributed by atoms with Gasteiger partial charge < -0.3 is 4.74 Å². The van der Waals surface area contributed by atoms with Crippen molar-refractivity contribution in [1.82, 2.24) is 5.32 Å². The Bertz CT molecular complexity index is 1450. The van der Waals surface area contributed by atoms with Gasteiger partial charge in [0.05, 0.1) is 25.1 Å². The number of amides is 2. The lowest BCUT2D eigenvalue weighted by Crippen LogP contribution is -2.54. The van der Waals surface area contributed by atoms with Gasteiger partial charge in [-0.3, -0.25) is 29.9 Å². The number of nitro benzene ring substituents is 1. The van der Waals surface area contributed by atoms with Crippen LogP contribution in [0.4, 0.5) is 11.4 Å². The fraction of sp³-hybridized carbons (Fsp3) is 0.0417. The SMILES string of the molecule is O=C1NC(=S)N(c2cccc(Cl)c2Cl)C(=O)/C1=C/c1ccc(OCc2ccc([N+](=O)[O-])cc2)c(Br)c1. The van der Waals surface area contributed by atoms with Gasteiger partial charge >= 0.3 is 0 Å². The van der Waals surface area contributed by atoms with Crippen LogP contribution in [0.2, 0.25) is 10.0 Å². The van der Waals surface area contributed by atoms with Gasteiger partial charge in [0.1, 0.15) is 17.9 Å². The van der Waals surface area contributed by atoms with Gasteiger partial charge in [0.15, 0.2) is 5.11 Å². The number of non-ortho nitro benzene ring substituents is 1. The van der Waals surface area contributed by atoms with Gasteiger partial charge in [0.25, 0.3) is 17.5 Å². The standard InChI is InChI=1S/C24H14BrCl2N3O5S/c25-17-11-14(6-9-20(17)35-12-13-4-7-15(8-5-13)30(33)34)10-16-22(31)28-24(36)29(23(16)32)19-3-1-2-18(26)21(19)27/h1-11H,12H2,(H,28,31,36)/b16-10+. The van der Waals surface area contributed by atoms with E-state index in [2.05, 4.69) is 21.2 Å². The van der Waals surface area contributed by atoms with Crippen LogP contribution < -0.4 is 15.0 Å². The number of hydrogen-bond donors (Lipinski definition) is 1. The molecule has 1 fully saturated rings. The Hall–Kier alpha value is -3.31. The van der Waals surface area contributed by atoms with Crippen LogP contribution in [0.25, 0.3) is 6.08 Å². The molecule has 0 unspecified atom stereocenters. The Morgan fingerprint density at radius 2 is 1.83 bits per heavy atom. The van der Waals surface area contributed by atoms with Crippen LogP contribution in [0.3, 0.4) is 0 Å². The van der Waals surface area contributed by atoms with Crippen molar-refractivity contribution in [1.29, 1.82) is 0 Å². The van der Waals surface area contributed by atoms with Crippen molar-refractivity contribution in [3.8, 4) is 5.75 Å². The van der Waals surface area contributed by atoms with E-state index in [0.29, 0.717) is 15.8 Å². The Labute approximate surface area is 228 Å². The van der Waals surface area contributed by atoms with Gasteiger partial charge in [-0.25, -0.2) is 0 Å². The summed E-state index contributed by atoms with van der Waals surface area (Å²) in [4.78, 5) is 37.2. The summed E-state index contributed by atoms with van der Waals surface area (Å²) < 4.78 is 6.36. The Kier molecular flexibility index (Phi) is 7.70. The number of thiocarbonyl (C=S) groups is 1. The summed E-state index contributed by atoms with van der Waals surface area (Å²) in [7, 11) is 0. The second-order valence-corrected chi connectivity index (χ2v) is 9.46. The highest BCUT2D eigenvalue weighted by Crippen LogP contribution is 2.35. The van der Waals surface area contributed by atoms with Crippen molar-refractivity contribution in [2.24, 2.45) is 0 Å². The number of halogens is 3. The maximum atomic E-state index is 13.2. The predicted octanol–water partition coefficient (Wildman–Crippen LogP) is 6.07. The molecule has 182 valence electrons. The molecule has 2 amide bonds. The summed E-state index contributed by atoms with van der Waals surface area (Å²) in [6.07, 6.45) is 1.43. The minimum atomic E-state index is -0.650. The molecule has 1 N–H and O–H groups in total. The van der Waals surface area contributed by atoms with Crippen molar-refractivity contribution < 1.29 is 19.2 Å². The van der Waals surface area contributed by atoms with E-state index in [4.69, 9.17) is 40.2 Å². The lowest BCUT2D eigenvalue weighted by Gasteiger charge is -2.29. The van der Waals surface area contributed by atoms with Crippen LogP contribution in [-0.4, -0.2) is 21.9 Å². The number of benzene rings is 3. The fourth-order valence-electron chi connectivity index (χ4n) is 3.31. The highest BCUT2D eigenvalue weighted by Gasteiger charge is 2.35. The first-order valence-electron chi connectivity index (χ1n) is 10.2. The third kappa shape index (κ3) is 5.41. The highest BCUT2D eigenvalue weighted by atomic mass is 79.9. The number of hydrogen-bond acceptors (Lipinski definition) is 6. The number of nitrogens with zero attached hydrogens (tertiary/aromatic N) is 2. The molecule has 0 spiro atoms. The maximum absolute atomic E-state index is 13.2. The van der Waals surface area contributed by atoms with Crippen LogP contribution >= 0.6 is 51.3 Å². The number of carbonyl (C=O) groups is 2. The van der Waals surface area contributed by atoms with Crippen molar-refractivity contribution in [2.75, 3.05) is 4.90 Å². The molecule has 1 heterocycles. The average Bonchev–Trinajstić information content (AvgIpc) is 2.84. The topological polar surface area (TPSA) is 102 Å².